The number of Topliss-reactive ketones (excluding diaryl/α,β-unsaturated/α-hetero) is 1. The molecular formula is C21H20N2O5S. The van der Waals surface area contributed by atoms with Gasteiger partial charge in [-0.25, -0.2) is 0 Å². The van der Waals surface area contributed by atoms with Gasteiger partial charge in [0.15, 0.2) is 5.78 Å². The monoisotopic (exact) mass is 412 g/mol. The van der Waals surface area contributed by atoms with Gasteiger partial charge in [0.05, 0.1) is 15.0 Å². The third-order valence-electron chi connectivity index (χ3n) is 4.32. The summed E-state index contributed by atoms with van der Waals surface area (Å²) >= 11 is 1.19. The molecular weight excluding hydrogens is 392 g/mol. The Hall–Kier alpha value is -3.26. The Bertz CT molecular complexity index is 1270. The van der Waals surface area contributed by atoms with Crippen LogP contribution in [0.1, 0.15) is 26.5 Å². The number of hydrogen-bond donors (Lipinski definition) is 0. The van der Waals surface area contributed by atoms with E-state index in [0.29, 0.717) is 26.3 Å². The van der Waals surface area contributed by atoms with Gasteiger partial charge in [-0.15, -0.1) is 11.3 Å². The molecule has 0 aliphatic heterocycles. The zero-order valence-electron chi connectivity index (χ0n) is 16.5. The molecule has 29 heavy (non-hydrogen) atoms. The zero-order valence-corrected chi connectivity index (χ0v) is 17.3. The first-order valence-corrected chi connectivity index (χ1v) is 9.67. The van der Waals surface area contributed by atoms with Gasteiger partial charge < -0.3 is 8.98 Å². The molecule has 0 aliphatic carbocycles. The summed E-state index contributed by atoms with van der Waals surface area (Å²) in [5.74, 6) is 0.662. The quantitative estimate of drug-likeness (QED) is 0.485. The highest BCUT2D eigenvalue weighted by molar-refractivity contribution is 7.07. The molecule has 0 bridgehead atoms. The van der Waals surface area contributed by atoms with Gasteiger partial charge in [-0.3, -0.25) is 19.7 Å². The topological polar surface area (TPSA) is 95.3 Å². The number of hydrogen-bond acceptors (Lipinski definition) is 6. The molecule has 0 N–H and O–H groups in total. The van der Waals surface area contributed by atoms with Crippen LogP contribution < -0.4 is 14.8 Å². The number of nitrogens with zero attached hydrogens (tertiary/aromatic N) is 2. The molecule has 3 aromatic rings. The average molecular weight is 412 g/mol. The number of thiazole rings is 1. The highest BCUT2D eigenvalue weighted by Gasteiger charge is 2.19. The van der Waals surface area contributed by atoms with Gasteiger partial charge in [0.25, 0.3) is 11.2 Å². The van der Waals surface area contributed by atoms with Gasteiger partial charge >= 0.3 is 0 Å². The van der Waals surface area contributed by atoms with E-state index in [1.807, 2.05) is 20.8 Å². The lowest BCUT2D eigenvalue weighted by Crippen LogP contribution is -2.29. The lowest BCUT2D eigenvalue weighted by molar-refractivity contribution is -0.384. The van der Waals surface area contributed by atoms with Gasteiger partial charge in [-0.1, -0.05) is 32.9 Å². The molecule has 7 nitrogen and oxygen atoms in total. The maximum absolute atomic E-state index is 12.5. The van der Waals surface area contributed by atoms with Gasteiger partial charge in [0.2, 0.25) is 0 Å². The van der Waals surface area contributed by atoms with E-state index in [9.17, 15) is 19.7 Å². The first kappa shape index (κ1) is 20.5. The van der Waals surface area contributed by atoms with E-state index < -0.39 is 10.3 Å². The maximum atomic E-state index is 12.5. The smallest absolute Gasteiger partial charge is 0.280 e. The van der Waals surface area contributed by atoms with Crippen molar-refractivity contribution in [3.8, 4) is 11.3 Å². The van der Waals surface area contributed by atoms with Crippen LogP contribution in [0.15, 0.2) is 45.6 Å². The molecule has 3 rings (SSSR count). The van der Waals surface area contributed by atoms with Crippen molar-refractivity contribution in [2.75, 3.05) is 0 Å². The van der Waals surface area contributed by atoms with E-state index in [1.165, 1.54) is 28.0 Å². The lowest BCUT2D eigenvalue weighted by atomic mass is 9.91. The normalized spacial score (nSPS) is 13.1. The van der Waals surface area contributed by atoms with Crippen molar-refractivity contribution in [1.29, 1.82) is 0 Å². The number of benzene rings is 1. The summed E-state index contributed by atoms with van der Waals surface area (Å²) in [5, 5.41) is 11.2. The van der Waals surface area contributed by atoms with Crippen molar-refractivity contribution in [1.82, 2.24) is 4.57 Å². The molecule has 0 saturated carbocycles. The Kier molecular flexibility index (Phi) is 5.39. The molecule has 0 atom stereocenters. The number of rotatable bonds is 4. The van der Waals surface area contributed by atoms with Crippen LogP contribution >= 0.6 is 11.3 Å². The largest absolute Gasteiger partial charge is 0.456 e. The lowest BCUT2D eigenvalue weighted by Gasteiger charge is -2.12. The molecule has 1 aromatic carbocycles. The van der Waals surface area contributed by atoms with Crippen LogP contribution in [-0.2, 0) is 11.8 Å². The van der Waals surface area contributed by atoms with Gasteiger partial charge in [0, 0.05) is 30.7 Å². The second-order valence-electron chi connectivity index (χ2n) is 7.55. The van der Waals surface area contributed by atoms with E-state index in [0.717, 1.165) is 0 Å². The minimum absolute atomic E-state index is 0.0574. The first-order valence-electron chi connectivity index (χ1n) is 8.85. The molecule has 0 unspecified atom stereocenters. The molecule has 150 valence electrons. The predicted octanol–water partition coefficient (Wildman–Crippen LogP) is 2.84. The van der Waals surface area contributed by atoms with Crippen molar-refractivity contribution in [2.24, 2.45) is 12.5 Å². The highest BCUT2D eigenvalue weighted by Crippen LogP contribution is 2.30. The van der Waals surface area contributed by atoms with Crippen molar-refractivity contribution < 1.29 is 14.1 Å². The second kappa shape index (κ2) is 7.63. The fourth-order valence-electron chi connectivity index (χ4n) is 2.58. The molecule has 8 heteroatoms. The third-order valence-corrected chi connectivity index (χ3v) is 5.43. The second-order valence-corrected chi connectivity index (χ2v) is 8.61. The molecule has 0 amide bonds. The van der Waals surface area contributed by atoms with Crippen molar-refractivity contribution >= 4 is 35.0 Å². The predicted molar refractivity (Wildman–Crippen MR) is 112 cm³/mol. The summed E-state index contributed by atoms with van der Waals surface area (Å²) in [6.07, 6.45) is 3.05. The van der Waals surface area contributed by atoms with Gasteiger partial charge in [-0.2, -0.15) is 0 Å². The van der Waals surface area contributed by atoms with E-state index in [2.05, 4.69) is 0 Å². The fourth-order valence-corrected chi connectivity index (χ4v) is 3.59. The number of aromatic nitrogens is 1. The fraction of sp³-hybridized carbons (Fsp3) is 0.238. The number of carbonyl (C=O) groups is 1. The zero-order chi connectivity index (χ0) is 21.3. The van der Waals surface area contributed by atoms with Gasteiger partial charge in [-0.05, 0) is 18.2 Å². The number of carbonyl (C=O) groups excluding carboxylic acids is 1. The minimum atomic E-state index is -0.537. The highest BCUT2D eigenvalue weighted by atomic mass is 32.1. The summed E-state index contributed by atoms with van der Waals surface area (Å²) in [5.41, 5.74) is -0.477. The van der Waals surface area contributed by atoms with Crippen molar-refractivity contribution in [3.63, 3.8) is 0 Å². The van der Waals surface area contributed by atoms with E-state index in [4.69, 9.17) is 4.42 Å². The average Bonchev–Trinajstić information content (AvgIpc) is 3.22. The Balaban J connectivity index is 2.05. The number of nitro benzene ring substituents is 1. The molecule has 2 aromatic heterocycles. The minimum Gasteiger partial charge on any atom is -0.456 e. The molecule has 0 aliphatic rings. The van der Waals surface area contributed by atoms with E-state index in [1.54, 1.807) is 43.5 Å². The number of ketones is 1. The molecule has 0 fully saturated rings. The van der Waals surface area contributed by atoms with Crippen LogP contribution in [0.4, 0.5) is 5.69 Å². The SMILES string of the molecule is Cn1c(=O)/c(=C\c2ccc(-c3ccccc3[N+](=O)[O-])o2)s/c1=C\C(=O)C(C)(C)C. The third kappa shape index (κ3) is 4.27. The van der Waals surface area contributed by atoms with Crippen LogP contribution in [0, 0.1) is 15.5 Å². The standard InChI is InChI=1S/C21H20N2O5S/c1-21(2,3)18(24)12-19-22(4)20(25)17(29-19)11-13-9-10-16(28-13)14-7-5-6-8-15(14)23(26)27/h5-12H,1-4H3/b17-11+,19-12-. The Morgan fingerprint density at radius 2 is 1.90 bits per heavy atom. The molecule has 0 spiro atoms. The summed E-state index contributed by atoms with van der Waals surface area (Å²) < 4.78 is 8.10. The van der Waals surface area contributed by atoms with Gasteiger partial charge in [0.1, 0.15) is 16.2 Å². The summed E-state index contributed by atoms with van der Waals surface area (Å²) in [7, 11) is 1.61. The summed E-state index contributed by atoms with van der Waals surface area (Å²) in [4.78, 5) is 35.5. The van der Waals surface area contributed by atoms with Crippen LogP contribution in [0.5, 0.6) is 0 Å². The Morgan fingerprint density at radius 1 is 1.21 bits per heavy atom. The Morgan fingerprint density at radius 3 is 2.55 bits per heavy atom. The summed E-state index contributed by atoms with van der Waals surface area (Å²) in [6.45, 7) is 5.45. The Labute approximate surface area is 170 Å². The molecule has 0 radical (unpaired) electrons. The first-order chi connectivity index (χ1) is 13.6. The summed E-state index contributed by atoms with van der Waals surface area (Å²) in [6, 6.07) is 9.57. The van der Waals surface area contributed by atoms with Crippen LogP contribution in [0.2, 0.25) is 0 Å². The van der Waals surface area contributed by atoms with Crippen molar-refractivity contribution in [3.05, 3.63) is 71.8 Å². The molecule has 2 heterocycles. The maximum Gasteiger partial charge on any atom is 0.280 e. The molecule has 0 saturated heterocycles. The van der Waals surface area contributed by atoms with Crippen LogP contribution in [0.3, 0.4) is 0 Å². The number of para-hydroxylation sites is 1. The number of nitro groups is 1. The van der Waals surface area contributed by atoms with Crippen LogP contribution in [-0.4, -0.2) is 15.3 Å². The van der Waals surface area contributed by atoms with Crippen molar-refractivity contribution in [2.45, 2.75) is 20.8 Å². The van der Waals surface area contributed by atoms with E-state index in [-0.39, 0.29) is 17.0 Å². The number of furan rings is 1. The van der Waals surface area contributed by atoms with E-state index >= 15 is 0 Å². The van der Waals surface area contributed by atoms with Crippen LogP contribution in [0.25, 0.3) is 23.5 Å².